The standard InChI is InChI=1S/C23H19NO2/c1-16-4-9-22-19(11-16)13-20(23(22)25)12-17-5-7-21(8-6-17)26-15-18-3-2-10-24-14-18/h2-12,14H,13,15H2,1H3/b20-12+. The zero-order valence-electron chi connectivity index (χ0n) is 14.6. The number of carbonyl (C=O) groups is 1. The molecule has 0 spiro atoms. The molecule has 1 aliphatic carbocycles. The minimum atomic E-state index is 0.136. The quantitative estimate of drug-likeness (QED) is 0.640. The first kappa shape index (κ1) is 16.3. The lowest BCUT2D eigenvalue weighted by Crippen LogP contribution is -1.96. The highest BCUT2D eigenvalue weighted by atomic mass is 16.5. The molecule has 3 aromatic rings. The second-order valence-corrected chi connectivity index (χ2v) is 6.56. The normalized spacial score (nSPS) is 14.5. The van der Waals surface area contributed by atoms with Crippen LogP contribution in [-0.4, -0.2) is 10.8 Å². The third-order valence-electron chi connectivity index (χ3n) is 4.53. The summed E-state index contributed by atoms with van der Waals surface area (Å²) in [6.45, 7) is 2.54. The SMILES string of the molecule is Cc1ccc2c(c1)C/C(=C\c1ccc(OCc3cccnc3)cc1)C2=O. The first-order chi connectivity index (χ1) is 12.7. The number of ketones is 1. The van der Waals surface area contributed by atoms with E-state index in [1.54, 1.807) is 12.4 Å². The molecule has 0 atom stereocenters. The predicted molar refractivity (Wildman–Crippen MR) is 102 cm³/mol. The molecule has 0 radical (unpaired) electrons. The van der Waals surface area contributed by atoms with Crippen molar-refractivity contribution in [3.8, 4) is 5.75 Å². The van der Waals surface area contributed by atoms with Crippen LogP contribution < -0.4 is 4.74 Å². The fraction of sp³-hybridized carbons (Fsp3) is 0.130. The molecule has 0 saturated carbocycles. The number of rotatable bonds is 4. The van der Waals surface area contributed by atoms with Gasteiger partial charge in [-0.2, -0.15) is 0 Å². The predicted octanol–water partition coefficient (Wildman–Crippen LogP) is 4.79. The Balaban J connectivity index is 1.46. The maximum Gasteiger partial charge on any atom is 0.189 e. The number of aromatic nitrogens is 1. The maximum atomic E-state index is 12.5. The van der Waals surface area contributed by atoms with Crippen LogP contribution in [0.25, 0.3) is 6.08 Å². The molecular weight excluding hydrogens is 322 g/mol. The van der Waals surface area contributed by atoms with Crippen molar-refractivity contribution < 1.29 is 9.53 Å². The summed E-state index contributed by atoms with van der Waals surface area (Å²) in [4.78, 5) is 16.6. The minimum absolute atomic E-state index is 0.136. The molecule has 1 aliphatic rings. The van der Waals surface area contributed by atoms with Gasteiger partial charge in [-0.15, -0.1) is 0 Å². The highest BCUT2D eigenvalue weighted by molar-refractivity contribution is 6.15. The van der Waals surface area contributed by atoms with Gasteiger partial charge in [0.15, 0.2) is 5.78 Å². The number of aryl methyl sites for hydroxylation is 1. The molecule has 0 unspecified atom stereocenters. The summed E-state index contributed by atoms with van der Waals surface area (Å²) in [5, 5.41) is 0. The fourth-order valence-electron chi connectivity index (χ4n) is 3.18. The molecule has 0 saturated heterocycles. The van der Waals surface area contributed by atoms with Gasteiger partial charge < -0.3 is 4.74 Å². The molecule has 128 valence electrons. The Kier molecular flexibility index (Phi) is 4.36. The Morgan fingerprint density at radius 3 is 2.73 bits per heavy atom. The van der Waals surface area contributed by atoms with Crippen molar-refractivity contribution in [1.29, 1.82) is 0 Å². The van der Waals surface area contributed by atoms with E-state index in [1.165, 1.54) is 5.56 Å². The molecule has 0 fully saturated rings. The summed E-state index contributed by atoms with van der Waals surface area (Å²) in [7, 11) is 0. The largest absolute Gasteiger partial charge is 0.489 e. The zero-order chi connectivity index (χ0) is 17.9. The molecule has 1 heterocycles. The average Bonchev–Trinajstić information content (AvgIpc) is 2.97. The number of allylic oxidation sites excluding steroid dienone is 1. The van der Waals surface area contributed by atoms with Gasteiger partial charge in [0.2, 0.25) is 0 Å². The van der Waals surface area contributed by atoms with Crippen LogP contribution in [0.3, 0.4) is 0 Å². The zero-order valence-corrected chi connectivity index (χ0v) is 14.6. The molecule has 3 nitrogen and oxygen atoms in total. The van der Waals surface area contributed by atoms with E-state index in [9.17, 15) is 4.79 Å². The Morgan fingerprint density at radius 2 is 1.96 bits per heavy atom. The van der Waals surface area contributed by atoms with E-state index in [-0.39, 0.29) is 5.78 Å². The summed E-state index contributed by atoms with van der Waals surface area (Å²) in [6.07, 6.45) is 6.22. The van der Waals surface area contributed by atoms with Crippen molar-refractivity contribution in [2.24, 2.45) is 0 Å². The number of ether oxygens (including phenoxy) is 1. The van der Waals surface area contributed by atoms with E-state index in [0.29, 0.717) is 13.0 Å². The lowest BCUT2D eigenvalue weighted by Gasteiger charge is -2.06. The molecular formula is C23H19NO2. The van der Waals surface area contributed by atoms with Crippen LogP contribution in [0.4, 0.5) is 0 Å². The molecule has 1 aromatic heterocycles. The van der Waals surface area contributed by atoms with E-state index in [4.69, 9.17) is 4.74 Å². The van der Waals surface area contributed by atoms with Crippen molar-refractivity contribution in [3.05, 3.63) is 100 Å². The van der Waals surface area contributed by atoms with Gasteiger partial charge in [-0.25, -0.2) is 0 Å². The van der Waals surface area contributed by atoms with Gasteiger partial charge in [0.1, 0.15) is 12.4 Å². The molecule has 26 heavy (non-hydrogen) atoms. The van der Waals surface area contributed by atoms with Crippen molar-refractivity contribution in [2.75, 3.05) is 0 Å². The first-order valence-corrected chi connectivity index (χ1v) is 8.65. The molecule has 2 aromatic carbocycles. The second-order valence-electron chi connectivity index (χ2n) is 6.56. The van der Waals surface area contributed by atoms with E-state index < -0.39 is 0 Å². The highest BCUT2D eigenvalue weighted by Crippen LogP contribution is 2.29. The molecule has 0 bridgehead atoms. The summed E-state index contributed by atoms with van der Waals surface area (Å²) < 4.78 is 5.77. The first-order valence-electron chi connectivity index (χ1n) is 8.65. The third kappa shape index (κ3) is 3.42. The van der Waals surface area contributed by atoms with Gasteiger partial charge >= 0.3 is 0 Å². The summed E-state index contributed by atoms with van der Waals surface area (Å²) in [6, 6.07) is 17.7. The Bertz CT molecular complexity index is 973. The lowest BCUT2D eigenvalue weighted by atomic mass is 10.1. The number of hydrogen-bond donors (Lipinski definition) is 0. The Hall–Kier alpha value is -3.20. The number of fused-ring (bicyclic) bond motifs is 1. The van der Waals surface area contributed by atoms with Crippen LogP contribution in [0, 0.1) is 6.92 Å². The number of benzene rings is 2. The van der Waals surface area contributed by atoms with Crippen molar-refractivity contribution in [1.82, 2.24) is 4.98 Å². The summed E-state index contributed by atoms with van der Waals surface area (Å²) >= 11 is 0. The number of carbonyl (C=O) groups excluding carboxylic acids is 1. The van der Waals surface area contributed by atoms with Crippen LogP contribution in [0.1, 0.15) is 32.6 Å². The summed E-state index contributed by atoms with van der Waals surface area (Å²) in [5.41, 5.74) is 6.02. The lowest BCUT2D eigenvalue weighted by molar-refractivity contribution is 0.104. The van der Waals surface area contributed by atoms with Crippen LogP contribution in [0.2, 0.25) is 0 Å². The molecule has 0 amide bonds. The van der Waals surface area contributed by atoms with Crippen LogP contribution in [0.15, 0.2) is 72.6 Å². The van der Waals surface area contributed by atoms with E-state index in [1.807, 2.05) is 54.6 Å². The van der Waals surface area contributed by atoms with E-state index in [2.05, 4.69) is 18.0 Å². The van der Waals surface area contributed by atoms with Crippen LogP contribution in [0.5, 0.6) is 5.75 Å². The maximum absolute atomic E-state index is 12.5. The van der Waals surface area contributed by atoms with Crippen molar-refractivity contribution in [2.45, 2.75) is 20.0 Å². The molecule has 4 rings (SSSR count). The van der Waals surface area contributed by atoms with Gasteiger partial charge in [-0.3, -0.25) is 9.78 Å². The fourth-order valence-corrected chi connectivity index (χ4v) is 3.18. The smallest absolute Gasteiger partial charge is 0.189 e. The number of nitrogens with zero attached hydrogens (tertiary/aromatic N) is 1. The second kappa shape index (κ2) is 6.96. The van der Waals surface area contributed by atoms with Crippen molar-refractivity contribution >= 4 is 11.9 Å². The number of Topliss-reactive ketones (excluding diaryl/α,β-unsaturated/α-hetero) is 1. The van der Waals surface area contributed by atoms with Crippen LogP contribution in [-0.2, 0) is 13.0 Å². The van der Waals surface area contributed by atoms with E-state index in [0.717, 1.165) is 33.6 Å². The number of pyridine rings is 1. The molecule has 3 heteroatoms. The number of hydrogen-bond acceptors (Lipinski definition) is 3. The minimum Gasteiger partial charge on any atom is -0.489 e. The van der Waals surface area contributed by atoms with Gasteiger partial charge in [0.25, 0.3) is 0 Å². The Labute approximate surface area is 153 Å². The average molecular weight is 341 g/mol. The Morgan fingerprint density at radius 1 is 1.12 bits per heavy atom. The van der Waals surface area contributed by atoms with Gasteiger partial charge in [0, 0.05) is 35.5 Å². The van der Waals surface area contributed by atoms with E-state index >= 15 is 0 Å². The van der Waals surface area contributed by atoms with Gasteiger partial charge in [-0.05, 0) is 42.3 Å². The molecule has 0 N–H and O–H groups in total. The topological polar surface area (TPSA) is 39.2 Å². The van der Waals surface area contributed by atoms with Gasteiger partial charge in [0.05, 0.1) is 0 Å². The van der Waals surface area contributed by atoms with Gasteiger partial charge in [-0.1, -0.05) is 42.0 Å². The highest BCUT2D eigenvalue weighted by Gasteiger charge is 2.24. The monoisotopic (exact) mass is 341 g/mol. The van der Waals surface area contributed by atoms with Crippen LogP contribution >= 0.6 is 0 Å². The van der Waals surface area contributed by atoms with Crippen molar-refractivity contribution in [3.63, 3.8) is 0 Å². The summed E-state index contributed by atoms with van der Waals surface area (Å²) in [5.74, 6) is 0.935. The third-order valence-corrected chi connectivity index (χ3v) is 4.53. The molecule has 0 aliphatic heterocycles.